The van der Waals surface area contributed by atoms with Gasteiger partial charge >= 0.3 is 0 Å². The molecule has 0 radical (unpaired) electrons. The van der Waals surface area contributed by atoms with Crippen LogP contribution in [0.1, 0.15) is 57.8 Å². The van der Waals surface area contributed by atoms with Crippen molar-refractivity contribution in [2.24, 2.45) is 0 Å². The molecular weight excluding hydrogens is 551 g/mol. The van der Waals surface area contributed by atoms with E-state index in [1.807, 2.05) is 0 Å². The molecular formula is C34H38BrO2P. The summed E-state index contributed by atoms with van der Waals surface area (Å²) in [4.78, 5) is 23.3. The molecule has 38 heavy (non-hydrogen) atoms. The zero-order chi connectivity index (χ0) is 25.8. The van der Waals surface area contributed by atoms with E-state index in [0.717, 1.165) is 19.3 Å². The predicted molar refractivity (Wildman–Crippen MR) is 159 cm³/mol. The van der Waals surface area contributed by atoms with Crippen molar-refractivity contribution in [3.8, 4) is 0 Å². The minimum atomic E-state index is -1.71. The zero-order valence-corrected chi connectivity index (χ0v) is 24.6. The highest BCUT2D eigenvalue weighted by Crippen LogP contribution is 2.56. The lowest BCUT2D eigenvalue weighted by atomic mass is 9.97. The van der Waals surface area contributed by atoms with Crippen LogP contribution in [0.2, 0.25) is 0 Å². The summed E-state index contributed by atoms with van der Waals surface area (Å²) in [5, 5.41) is 4.41. The first-order chi connectivity index (χ1) is 18.2. The average Bonchev–Trinajstić information content (AvgIpc) is 2.95. The molecule has 198 valence electrons. The lowest BCUT2D eigenvalue weighted by molar-refractivity contribution is -0.114. The molecule has 0 heterocycles. The maximum atomic E-state index is 11.8. The van der Waals surface area contributed by atoms with Gasteiger partial charge in [0.05, 0.1) is 6.16 Å². The summed E-state index contributed by atoms with van der Waals surface area (Å²) in [6.07, 6.45) is 15.7. The van der Waals surface area contributed by atoms with Crippen LogP contribution in [0.15, 0.2) is 115 Å². The first-order valence-electron chi connectivity index (χ1n) is 13.7. The van der Waals surface area contributed by atoms with E-state index in [0.29, 0.717) is 5.57 Å². The molecule has 0 unspecified atom stereocenters. The Morgan fingerprint density at radius 3 is 1.39 bits per heavy atom. The second kappa shape index (κ2) is 15.7. The molecule has 4 rings (SSSR count). The first kappa shape index (κ1) is 29.9. The summed E-state index contributed by atoms with van der Waals surface area (Å²) >= 11 is 0. The van der Waals surface area contributed by atoms with E-state index in [1.165, 1.54) is 78.8 Å². The molecule has 2 nitrogen and oxygen atoms in total. The van der Waals surface area contributed by atoms with Gasteiger partial charge in [0.15, 0.2) is 11.6 Å². The Balaban J connectivity index is 0.00000400. The van der Waals surface area contributed by atoms with Crippen molar-refractivity contribution < 1.29 is 26.6 Å². The lowest BCUT2D eigenvalue weighted by Crippen LogP contribution is -3.00. The highest BCUT2D eigenvalue weighted by atomic mass is 79.9. The number of unbranched alkanes of at least 4 members (excludes halogenated alkanes) is 7. The number of benzene rings is 3. The molecule has 0 bridgehead atoms. The van der Waals surface area contributed by atoms with E-state index < -0.39 is 7.26 Å². The van der Waals surface area contributed by atoms with Gasteiger partial charge in [-0.15, -0.1) is 0 Å². The number of carbonyl (C=O) groups is 2. The first-order valence-corrected chi connectivity index (χ1v) is 15.7. The van der Waals surface area contributed by atoms with Crippen LogP contribution < -0.4 is 32.9 Å². The van der Waals surface area contributed by atoms with E-state index >= 15 is 0 Å². The molecule has 3 aromatic rings. The average molecular weight is 590 g/mol. The third-order valence-electron chi connectivity index (χ3n) is 7.31. The predicted octanol–water partition coefficient (Wildman–Crippen LogP) is 4.13. The fourth-order valence-corrected chi connectivity index (χ4v) is 9.77. The van der Waals surface area contributed by atoms with Crippen LogP contribution in [0.25, 0.3) is 0 Å². The monoisotopic (exact) mass is 588 g/mol. The minimum absolute atomic E-state index is 0. The van der Waals surface area contributed by atoms with Crippen LogP contribution >= 0.6 is 7.26 Å². The molecule has 0 amide bonds. The second-order valence-corrected chi connectivity index (χ2v) is 13.5. The molecule has 0 fully saturated rings. The Kier molecular flexibility index (Phi) is 12.4. The standard InChI is InChI=1S/C34H38O2P.BrH/c35-30-25-26-34(36)29(28-30)18-10-5-3-1-2-4-6-17-27-37(31-19-11-7-12-20-31,32-21-13-8-14-22-32)33-23-15-9-16-24-33;/h7-9,11-16,19-26,28H,1-6,10,17-18,27H2;1H/q+1;/p-1. The number of hydrogen-bond donors (Lipinski definition) is 0. The lowest BCUT2D eigenvalue weighted by Gasteiger charge is -2.27. The van der Waals surface area contributed by atoms with Gasteiger partial charge in [-0.05, 0) is 80.3 Å². The molecule has 0 N–H and O–H groups in total. The highest BCUT2D eigenvalue weighted by molar-refractivity contribution is 7.95. The van der Waals surface area contributed by atoms with E-state index in [1.54, 1.807) is 0 Å². The van der Waals surface area contributed by atoms with Gasteiger partial charge in [-0.2, -0.15) is 0 Å². The largest absolute Gasteiger partial charge is 1.00 e. The minimum Gasteiger partial charge on any atom is -1.00 e. The smallest absolute Gasteiger partial charge is 0.182 e. The van der Waals surface area contributed by atoms with Crippen LogP contribution in [0.5, 0.6) is 0 Å². The van der Waals surface area contributed by atoms with Crippen molar-refractivity contribution in [2.45, 2.75) is 57.8 Å². The Bertz CT molecular complexity index is 1110. The number of rotatable bonds is 14. The number of hydrogen-bond acceptors (Lipinski definition) is 2. The molecule has 0 aromatic heterocycles. The van der Waals surface area contributed by atoms with Gasteiger partial charge in [0.25, 0.3) is 0 Å². The number of halogens is 1. The van der Waals surface area contributed by atoms with Gasteiger partial charge in [-0.3, -0.25) is 9.59 Å². The van der Waals surface area contributed by atoms with Gasteiger partial charge < -0.3 is 17.0 Å². The third-order valence-corrected chi connectivity index (χ3v) is 11.8. The highest BCUT2D eigenvalue weighted by Gasteiger charge is 2.44. The maximum Gasteiger partial charge on any atom is 0.182 e. The molecule has 4 heteroatoms. The van der Waals surface area contributed by atoms with Gasteiger partial charge in [-0.25, -0.2) is 0 Å². The normalized spacial score (nSPS) is 13.2. The van der Waals surface area contributed by atoms with Crippen LogP contribution in [0, 0.1) is 0 Å². The summed E-state index contributed by atoms with van der Waals surface area (Å²) in [6.45, 7) is 0. The molecule has 1 aliphatic rings. The Hall–Kier alpha value is -2.61. The van der Waals surface area contributed by atoms with Crippen molar-refractivity contribution in [3.05, 3.63) is 115 Å². The number of carbonyl (C=O) groups excluding carboxylic acids is 2. The number of allylic oxidation sites excluding steroid dienone is 4. The topological polar surface area (TPSA) is 34.1 Å². The van der Waals surface area contributed by atoms with Crippen LogP contribution in [0.4, 0.5) is 0 Å². The second-order valence-electron chi connectivity index (χ2n) is 9.89. The van der Waals surface area contributed by atoms with Crippen molar-refractivity contribution in [1.29, 1.82) is 0 Å². The summed E-state index contributed by atoms with van der Waals surface area (Å²) in [6, 6.07) is 33.5. The Morgan fingerprint density at radius 2 is 0.921 bits per heavy atom. The van der Waals surface area contributed by atoms with E-state index in [4.69, 9.17) is 0 Å². The quantitative estimate of drug-likeness (QED) is 0.161. The maximum absolute atomic E-state index is 11.8. The summed E-state index contributed by atoms with van der Waals surface area (Å²) in [5.74, 6) is -0.0621. The fraction of sp³-hybridized carbons (Fsp3) is 0.294. The van der Waals surface area contributed by atoms with E-state index in [-0.39, 0.29) is 28.5 Å². The third kappa shape index (κ3) is 7.95. The molecule has 0 spiro atoms. The Labute approximate surface area is 239 Å². The SMILES string of the molecule is O=C1C=CC(=O)C(CCCCCCCCCC[P+](c2ccccc2)(c2ccccc2)c2ccccc2)=C1.[Br-]. The molecule has 1 aliphatic carbocycles. The van der Waals surface area contributed by atoms with Crippen LogP contribution in [-0.4, -0.2) is 17.7 Å². The van der Waals surface area contributed by atoms with Gasteiger partial charge in [0.2, 0.25) is 0 Å². The molecule has 0 aliphatic heterocycles. The molecule has 0 saturated carbocycles. The van der Waals surface area contributed by atoms with E-state index in [9.17, 15) is 9.59 Å². The fourth-order valence-electron chi connectivity index (χ4n) is 5.36. The molecule has 0 saturated heterocycles. The van der Waals surface area contributed by atoms with Crippen molar-refractivity contribution in [3.63, 3.8) is 0 Å². The molecule has 3 aromatic carbocycles. The Morgan fingerprint density at radius 1 is 0.500 bits per heavy atom. The molecule has 0 atom stereocenters. The zero-order valence-electron chi connectivity index (χ0n) is 22.1. The van der Waals surface area contributed by atoms with Gasteiger partial charge in [0.1, 0.15) is 23.2 Å². The number of ketones is 2. The van der Waals surface area contributed by atoms with Crippen molar-refractivity contribution >= 4 is 34.7 Å². The van der Waals surface area contributed by atoms with Gasteiger partial charge in [-0.1, -0.05) is 86.7 Å². The van der Waals surface area contributed by atoms with E-state index in [2.05, 4.69) is 91.0 Å². The van der Waals surface area contributed by atoms with Gasteiger partial charge in [0, 0.05) is 5.57 Å². The summed E-state index contributed by atoms with van der Waals surface area (Å²) < 4.78 is 0. The van der Waals surface area contributed by atoms with Crippen LogP contribution in [0.3, 0.4) is 0 Å². The summed E-state index contributed by atoms with van der Waals surface area (Å²) in [7, 11) is -1.71. The van der Waals surface area contributed by atoms with Crippen molar-refractivity contribution in [1.82, 2.24) is 0 Å². The van der Waals surface area contributed by atoms with Crippen molar-refractivity contribution in [2.75, 3.05) is 6.16 Å². The summed E-state index contributed by atoms with van der Waals surface area (Å²) in [5.41, 5.74) is 0.676. The van der Waals surface area contributed by atoms with Crippen LogP contribution in [-0.2, 0) is 9.59 Å².